The van der Waals surface area contributed by atoms with Crippen LogP contribution in [0.1, 0.15) is 57.8 Å². The molecule has 2 heterocycles. The van der Waals surface area contributed by atoms with E-state index in [1.54, 1.807) is 19.1 Å². The van der Waals surface area contributed by atoms with Crippen molar-refractivity contribution in [3.63, 3.8) is 0 Å². The molecule has 0 spiro atoms. The lowest BCUT2D eigenvalue weighted by Gasteiger charge is -2.46. The number of benzene rings is 2. The summed E-state index contributed by atoms with van der Waals surface area (Å²) in [4.78, 5) is 17.0. The molecule has 0 saturated carbocycles. The van der Waals surface area contributed by atoms with Crippen molar-refractivity contribution in [2.24, 2.45) is 0 Å². The van der Waals surface area contributed by atoms with Gasteiger partial charge in [-0.2, -0.15) is 26.3 Å². The standard InChI is InChI=1S/C27H30F7N3O.2ClH/c1-16-11-17(3-4-23(16)28)22-15-37(21-5-8-35-9-6-21)10-7-24(22)36(2)25(38)18-12-19(26(29,30)31)14-20(13-18)27(32,33)34;;/h3-4,11-14,21-22,24,35H,5-10,15H2,1-2H3;2*1H/t22-,24+;;/m0../s1. The number of aryl methyl sites for hydroxylation is 1. The molecule has 1 amide bonds. The number of alkyl halides is 6. The van der Waals surface area contributed by atoms with Crippen LogP contribution in [-0.2, 0) is 12.4 Å². The predicted molar refractivity (Wildman–Crippen MR) is 143 cm³/mol. The summed E-state index contributed by atoms with van der Waals surface area (Å²) in [5, 5.41) is 3.32. The van der Waals surface area contributed by atoms with Gasteiger partial charge >= 0.3 is 12.4 Å². The maximum Gasteiger partial charge on any atom is 0.416 e. The van der Waals surface area contributed by atoms with Gasteiger partial charge in [0.25, 0.3) is 5.91 Å². The molecule has 4 rings (SSSR count). The topological polar surface area (TPSA) is 35.6 Å². The number of hydrogen-bond donors (Lipinski definition) is 1. The monoisotopic (exact) mass is 617 g/mol. The third-order valence-corrected chi connectivity index (χ3v) is 7.70. The van der Waals surface area contributed by atoms with Gasteiger partial charge in [0.15, 0.2) is 0 Å². The summed E-state index contributed by atoms with van der Waals surface area (Å²) in [6.07, 6.45) is -7.75. The van der Waals surface area contributed by atoms with Crippen LogP contribution in [0.2, 0.25) is 0 Å². The Kier molecular flexibility index (Phi) is 11.3. The third-order valence-electron chi connectivity index (χ3n) is 7.70. The van der Waals surface area contributed by atoms with E-state index < -0.39 is 41.0 Å². The van der Waals surface area contributed by atoms with Crippen molar-refractivity contribution in [2.75, 3.05) is 33.2 Å². The van der Waals surface area contributed by atoms with E-state index in [4.69, 9.17) is 0 Å². The Balaban J connectivity index is 0.00000280. The summed E-state index contributed by atoms with van der Waals surface area (Å²) in [6.45, 7) is 4.53. The summed E-state index contributed by atoms with van der Waals surface area (Å²) < 4.78 is 94.4. The number of halogens is 9. The highest BCUT2D eigenvalue weighted by atomic mass is 35.5. The highest BCUT2D eigenvalue weighted by Gasteiger charge is 2.40. The molecule has 224 valence electrons. The van der Waals surface area contributed by atoms with Crippen LogP contribution >= 0.6 is 24.8 Å². The predicted octanol–water partition coefficient (Wildman–Crippen LogP) is 6.70. The first-order valence-corrected chi connectivity index (χ1v) is 12.5. The number of nitrogens with one attached hydrogen (secondary N) is 1. The number of rotatable bonds is 4. The van der Waals surface area contributed by atoms with Gasteiger partial charge in [-0.3, -0.25) is 9.69 Å². The van der Waals surface area contributed by atoms with Gasteiger partial charge < -0.3 is 10.2 Å². The van der Waals surface area contributed by atoms with Gasteiger partial charge in [0.05, 0.1) is 11.1 Å². The minimum Gasteiger partial charge on any atom is -0.338 e. The first-order chi connectivity index (χ1) is 17.8. The molecular formula is C27H32Cl2F7N3O. The van der Waals surface area contributed by atoms with Crippen molar-refractivity contribution in [3.8, 4) is 0 Å². The molecule has 2 aromatic carbocycles. The number of carbonyl (C=O) groups excluding carboxylic acids is 1. The fourth-order valence-electron chi connectivity index (χ4n) is 5.59. The molecule has 2 saturated heterocycles. The van der Waals surface area contributed by atoms with Gasteiger partial charge in [0, 0.05) is 43.7 Å². The van der Waals surface area contributed by atoms with E-state index in [-0.39, 0.29) is 42.6 Å². The molecule has 0 aliphatic carbocycles. The molecule has 2 atom stereocenters. The van der Waals surface area contributed by atoms with Crippen LogP contribution in [-0.4, -0.2) is 61.0 Å². The maximum absolute atomic E-state index is 14.0. The van der Waals surface area contributed by atoms with Crippen LogP contribution < -0.4 is 5.32 Å². The number of likely N-dealkylation sites (N-methyl/N-ethyl adjacent to an activating group) is 1. The average Bonchev–Trinajstić information content (AvgIpc) is 2.88. The van der Waals surface area contributed by atoms with Crippen LogP contribution in [0.3, 0.4) is 0 Å². The minimum atomic E-state index is -5.05. The van der Waals surface area contributed by atoms with Gasteiger partial charge in [-0.05, 0) is 74.7 Å². The Labute approximate surface area is 241 Å². The smallest absolute Gasteiger partial charge is 0.338 e. The summed E-state index contributed by atoms with van der Waals surface area (Å²) in [6, 6.07) is 5.44. The van der Waals surface area contributed by atoms with Crippen LogP contribution in [0.15, 0.2) is 36.4 Å². The van der Waals surface area contributed by atoms with E-state index in [0.717, 1.165) is 31.5 Å². The first-order valence-electron chi connectivity index (χ1n) is 12.5. The second-order valence-corrected chi connectivity index (χ2v) is 10.2. The van der Waals surface area contributed by atoms with E-state index in [0.29, 0.717) is 43.2 Å². The lowest BCUT2D eigenvalue weighted by atomic mass is 9.83. The molecule has 2 aliphatic rings. The Hall–Kier alpha value is -2.08. The zero-order valence-corrected chi connectivity index (χ0v) is 23.5. The van der Waals surface area contributed by atoms with E-state index in [9.17, 15) is 35.5 Å². The molecule has 0 bridgehead atoms. The van der Waals surface area contributed by atoms with E-state index >= 15 is 0 Å². The Morgan fingerprint density at radius 2 is 1.50 bits per heavy atom. The van der Waals surface area contributed by atoms with Crippen LogP contribution in [0, 0.1) is 12.7 Å². The molecule has 0 unspecified atom stereocenters. The number of likely N-dealkylation sites (tertiary alicyclic amines) is 1. The van der Waals surface area contributed by atoms with Crippen LogP contribution in [0.5, 0.6) is 0 Å². The zero-order chi connectivity index (χ0) is 27.8. The highest BCUT2D eigenvalue weighted by molar-refractivity contribution is 5.95. The number of amides is 1. The maximum atomic E-state index is 14.0. The normalized spacial score (nSPS) is 20.8. The van der Waals surface area contributed by atoms with Crippen LogP contribution in [0.25, 0.3) is 0 Å². The Bertz CT molecular complexity index is 1140. The van der Waals surface area contributed by atoms with Crippen molar-refractivity contribution >= 4 is 30.7 Å². The summed E-state index contributed by atoms with van der Waals surface area (Å²) >= 11 is 0. The fraction of sp³-hybridized carbons (Fsp3) is 0.519. The molecule has 0 radical (unpaired) electrons. The Morgan fingerprint density at radius 1 is 0.925 bits per heavy atom. The zero-order valence-electron chi connectivity index (χ0n) is 21.9. The van der Waals surface area contributed by atoms with Gasteiger partial charge in [-0.25, -0.2) is 4.39 Å². The second-order valence-electron chi connectivity index (χ2n) is 10.2. The van der Waals surface area contributed by atoms with Gasteiger partial charge in [0.1, 0.15) is 5.82 Å². The largest absolute Gasteiger partial charge is 0.416 e. The minimum absolute atomic E-state index is 0. The van der Waals surface area contributed by atoms with E-state index in [1.165, 1.54) is 18.0 Å². The highest BCUT2D eigenvalue weighted by Crippen LogP contribution is 2.38. The number of carbonyl (C=O) groups is 1. The average molecular weight is 618 g/mol. The lowest BCUT2D eigenvalue weighted by Crippen LogP contribution is -2.54. The van der Waals surface area contributed by atoms with Gasteiger partial charge in [-0.1, -0.05) is 12.1 Å². The first kappa shape index (κ1) is 34.1. The van der Waals surface area contributed by atoms with Gasteiger partial charge in [0.2, 0.25) is 0 Å². The molecule has 40 heavy (non-hydrogen) atoms. The molecule has 2 fully saturated rings. The van der Waals surface area contributed by atoms with E-state index in [1.807, 2.05) is 0 Å². The second kappa shape index (κ2) is 13.3. The number of piperidine rings is 2. The van der Waals surface area contributed by atoms with Crippen molar-refractivity contribution in [1.82, 2.24) is 15.1 Å². The molecule has 1 N–H and O–H groups in total. The number of hydrogen-bond acceptors (Lipinski definition) is 3. The van der Waals surface area contributed by atoms with Crippen molar-refractivity contribution in [3.05, 3.63) is 70.0 Å². The quantitative estimate of drug-likeness (QED) is 0.388. The number of nitrogens with zero attached hydrogens (tertiary/aromatic N) is 2. The molecule has 2 aliphatic heterocycles. The summed E-state index contributed by atoms with van der Waals surface area (Å²) in [5.74, 6) is -1.62. The molecule has 4 nitrogen and oxygen atoms in total. The lowest BCUT2D eigenvalue weighted by molar-refractivity contribution is -0.143. The Morgan fingerprint density at radius 3 is 2.02 bits per heavy atom. The van der Waals surface area contributed by atoms with Crippen molar-refractivity contribution in [2.45, 2.75) is 56.5 Å². The molecule has 0 aromatic heterocycles. The SMILES string of the molecule is Cc1cc([C@@H]2CN(C3CCNCC3)CC[C@H]2N(C)C(=O)c2cc(C(F)(F)F)cc(C(F)(F)F)c2)ccc1F.Cl.Cl. The summed E-state index contributed by atoms with van der Waals surface area (Å²) in [5.41, 5.74) is -2.55. The molecule has 13 heteroatoms. The van der Waals surface area contributed by atoms with Crippen LogP contribution in [0.4, 0.5) is 30.7 Å². The van der Waals surface area contributed by atoms with Gasteiger partial charge in [-0.15, -0.1) is 24.8 Å². The fourth-order valence-corrected chi connectivity index (χ4v) is 5.59. The van der Waals surface area contributed by atoms with Crippen molar-refractivity contribution < 1.29 is 35.5 Å². The van der Waals surface area contributed by atoms with E-state index in [2.05, 4.69) is 10.2 Å². The molecule has 2 aromatic rings. The summed E-state index contributed by atoms with van der Waals surface area (Å²) in [7, 11) is 1.41. The molecular weight excluding hydrogens is 586 g/mol. The van der Waals surface area contributed by atoms with Crippen molar-refractivity contribution in [1.29, 1.82) is 0 Å². The third kappa shape index (κ3) is 7.60.